The van der Waals surface area contributed by atoms with Gasteiger partial charge in [0.05, 0.1) is 28.6 Å². The highest BCUT2D eigenvalue weighted by Gasteiger charge is 2.51. The Hall–Kier alpha value is -5.17. The van der Waals surface area contributed by atoms with Gasteiger partial charge in [0.25, 0.3) is 5.91 Å². The summed E-state index contributed by atoms with van der Waals surface area (Å²) in [6, 6.07) is 3.49. The minimum absolute atomic E-state index is 0.00203. The van der Waals surface area contributed by atoms with Crippen LogP contribution in [0.15, 0.2) is 30.5 Å². The number of anilines is 1. The Morgan fingerprint density at radius 2 is 1.85 bits per heavy atom. The lowest BCUT2D eigenvalue weighted by molar-refractivity contribution is -0.131. The number of hydrogen-bond donors (Lipinski definition) is 2. The van der Waals surface area contributed by atoms with Gasteiger partial charge >= 0.3 is 12.2 Å². The molecule has 6 heterocycles. The monoisotopic (exact) mass is 753 g/mol. The van der Waals surface area contributed by atoms with Crippen LogP contribution in [-0.4, -0.2) is 104 Å². The van der Waals surface area contributed by atoms with Crippen molar-refractivity contribution in [2.75, 3.05) is 37.7 Å². The Morgan fingerprint density at radius 1 is 1.13 bits per heavy atom. The average Bonchev–Trinajstić information content (AvgIpc) is 3.76. The summed E-state index contributed by atoms with van der Waals surface area (Å²) in [6.45, 7) is 5.03. The number of pyridine rings is 1. The number of nitrogens with zero attached hydrogens (tertiary/aromatic N) is 6. The molecule has 2 N–H and O–H groups in total. The summed E-state index contributed by atoms with van der Waals surface area (Å²) in [6.07, 6.45) is 3.35. The molecule has 2 aromatic heterocycles. The number of carbonyl (C=O) groups excluding carboxylic acids is 1. The van der Waals surface area contributed by atoms with Crippen LogP contribution in [0.1, 0.15) is 51.5 Å². The van der Waals surface area contributed by atoms with E-state index in [4.69, 9.17) is 16.6 Å². The zero-order valence-corrected chi connectivity index (χ0v) is 29.5. The van der Waals surface area contributed by atoms with Gasteiger partial charge in [0, 0.05) is 43.2 Å². The van der Waals surface area contributed by atoms with Crippen LogP contribution in [0.3, 0.4) is 0 Å². The standard InChI is InChI=1S/C36H31F6N7O3.C2H6/c1-2-23-26(38)7-4-18-10-22(50)11-24(27(18)23)29-28(39)30-25(13-44-29)32(46-34(45-30)52-17-35-8-3-9-48(35)14-19(37)12-35)47-15-20-5-6-21(16-47)49(20)33(51)31(43)36(40,41)42;1-2/h1,4,7,10-11,13,19-21,43,50H,3,5-6,8-9,12,14-17H2;1-2H3/t19?,20-,21?,35?;/m1./s1. The molecule has 16 heteroatoms. The van der Waals surface area contributed by atoms with Crippen molar-refractivity contribution >= 4 is 39.1 Å². The molecule has 2 bridgehead atoms. The number of amides is 1. The van der Waals surface area contributed by atoms with Gasteiger partial charge in [-0.05, 0) is 55.8 Å². The van der Waals surface area contributed by atoms with E-state index in [1.165, 1.54) is 24.4 Å². The molecule has 3 unspecified atom stereocenters. The number of ether oxygens (including phenoxy) is 1. The maximum atomic E-state index is 16.9. The molecule has 1 amide bonds. The molecule has 4 aromatic rings. The molecule has 4 aliphatic heterocycles. The number of rotatable bonds is 6. The summed E-state index contributed by atoms with van der Waals surface area (Å²) in [5, 5.41) is 18.6. The van der Waals surface area contributed by atoms with Gasteiger partial charge in [-0.2, -0.15) is 23.1 Å². The lowest BCUT2D eigenvalue weighted by Crippen LogP contribution is -2.58. The SMILES string of the molecule is C#Cc1c(F)ccc2cc(O)cc(-c3ncc4c(N5CC6CC[C@H](C5)N6C(=O)C(=N)C(F)(F)F)nc(OCC56CCCN5CC(F)C6)nc4c3F)c12.CC. The third-order valence-electron chi connectivity index (χ3n) is 10.8. The largest absolute Gasteiger partial charge is 0.508 e. The van der Waals surface area contributed by atoms with Crippen LogP contribution < -0.4 is 9.64 Å². The number of nitrogens with one attached hydrogen (secondary N) is 1. The number of hydrogen-bond acceptors (Lipinski definition) is 9. The smallest absolute Gasteiger partial charge is 0.438 e. The number of phenolic OH excluding ortho intramolecular Hbond substituents is 1. The van der Waals surface area contributed by atoms with E-state index in [0.717, 1.165) is 17.4 Å². The van der Waals surface area contributed by atoms with Crippen molar-refractivity contribution in [1.29, 1.82) is 5.41 Å². The van der Waals surface area contributed by atoms with Crippen LogP contribution in [0.2, 0.25) is 0 Å². The number of carbonyl (C=O) groups is 1. The van der Waals surface area contributed by atoms with Gasteiger partial charge in [0.15, 0.2) is 5.82 Å². The Balaban J connectivity index is 0.00000221. The van der Waals surface area contributed by atoms with Gasteiger partial charge in [0.1, 0.15) is 41.4 Å². The van der Waals surface area contributed by atoms with Gasteiger partial charge in [-0.25, -0.2) is 13.2 Å². The van der Waals surface area contributed by atoms with E-state index in [2.05, 4.69) is 20.9 Å². The predicted molar refractivity (Wildman–Crippen MR) is 189 cm³/mol. The first kappa shape index (κ1) is 37.2. The summed E-state index contributed by atoms with van der Waals surface area (Å²) in [7, 11) is 0. The van der Waals surface area contributed by atoms with E-state index >= 15 is 4.39 Å². The zero-order valence-electron chi connectivity index (χ0n) is 29.5. The minimum atomic E-state index is -5.10. The van der Waals surface area contributed by atoms with Crippen molar-refractivity contribution in [3.8, 4) is 35.4 Å². The molecular weight excluding hydrogens is 716 g/mol. The number of phenols is 1. The first-order chi connectivity index (χ1) is 25.8. The minimum Gasteiger partial charge on any atom is -0.508 e. The van der Waals surface area contributed by atoms with E-state index in [9.17, 15) is 31.9 Å². The molecule has 0 spiro atoms. The number of benzene rings is 2. The zero-order chi connectivity index (χ0) is 38.7. The lowest BCUT2D eigenvalue weighted by atomic mass is 9.95. The highest BCUT2D eigenvalue weighted by atomic mass is 19.4. The first-order valence-electron chi connectivity index (χ1n) is 17.8. The third-order valence-corrected chi connectivity index (χ3v) is 10.8. The second kappa shape index (κ2) is 13.9. The van der Waals surface area contributed by atoms with Crippen LogP contribution in [-0.2, 0) is 4.79 Å². The van der Waals surface area contributed by atoms with E-state index < -0.39 is 53.2 Å². The van der Waals surface area contributed by atoms with E-state index in [1.807, 2.05) is 18.7 Å². The number of fused-ring (bicyclic) bond motifs is 5. The molecule has 8 rings (SSSR count). The fourth-order valence-corrected chi connectivity index (χ4v) is 8.57. The Bertz CT molecular complexity index is 2200. The maximum absolute atomic E-state index is 16.9. The van der Waals surface area contributed by atoms with Crippen LogP contribution in [0.4, 0.5) is 32.2 Å². The van der Waals surface area contributed by atoms with Crippen LogP contribution in [0, 0.1) is 29.4 Å². The van der Waals surface area contributed by atoms with E-state index in [0.29, 0.717) is 31.2 Å². The van der Waals surface area contributed by atoms with Crippen molar-refractivity contribution in [3.05, 3.63) is 47.7 Å². The summed E-state index contributed by atoms with van der Waals surface area (Å²) in [4.78, 5) is 31.1. The van der Waals surface area contributed by atoms with Crippen LogP contribution >= 0.6 is 0 Å². The highest BCUT2D eigenvalue weighted by Crippen LogP contribution is 2.43. The number of alkyl halides is 4. The van der Waals surface area contributed by atoms with Gasteiger partial charge in [0.2, 0.25) is 5.71 Å². The molecule has 0 saturated carbocycles. The Morgan fingerprint density at radius 3 is 2.54 bits per heavy atom. The summed E-state index contributed by atoms with van der Waals surface area (Å²) >= 11 is 0. The average molecular weight is 754 g/mol. The second-order valence-corrected chi connectivity index (χ2v) is 13.9. The summed E-state index contributed by atoms with van der Waals surface area (Å²) in [5.74, 6) is -0.909. The molecule has 4 aliphatic rings. The highest BCUT2D eigenvalue weighted by molar-refractivity contribution is 6.39. The third kappa shape index (κ3) is 6.21. The Kier molecular flexibility index (Phi) is 9.57. The molecule has 4 atom stereocenters. The quantitative estimate of drug-likeness (QED) is 0.129. The Labute approximate surface area is 306 Å². The second-order valence-electron chi connectivity index (χ2n) is 13.9. The lowest BCUT2D eigenvalue weighted by Gasteiger charge is -2.42. The maximum Gasteiger partial charge on any atom is 0.438 e. The molecular formula is C38H37F6N7O3. The molecule has 0 aliphatic carbocycles. The number of terminal acetylenes is 1. The summed E-state index contributed by atoms with van der Waals surface area (Å²) in [5.41, 5.74) is -3.25. The van der Waals surface area contributed by atoms with Gasteiger partial charge in [-0.1, -0.05) is 25.8 Å². The van der Waals surface area contributed by atoms with E-state index in [-0.39, 0.29) is 83.3 Å². The van der Waals surface area contributed by atoms with E-state index in [1.54, 1.807) is 4.90 Å². The first-order valence-corrected chi connectivity index (χ1v) is 17.8. The fraction of sp³-hybridized carbons (Fsp3) is 0.447. The van der Waals surface area contributed by atoms with Crippen molar-refractivity contribution in [3.63, 3.8) is 0 Å². The molecule has 4 fully saturated rings. The molecule has 10 nitrogen and oxygen atoms in total. The van der Waals surface area contributed by atoms with Gasteiger partial charge in [-0.3, -0.25) is 20.1 Å². The van der Waals surface area contributed by atoms with Gasteiger partial charge in [-0.15, -0.1) is 6.42 Å². The molecule has 54 heavy (non-hydrogen) atoms. The number of piperazine rings is 1. The number of aromatic nitrogens is 3. The van der Waals surface area contributed by atoms with Gasteiger partial charge < -0.3 is 19.6 Å². The molecule has 4 saturated heterocycles. The van der Waals surface area contributed by atoms with Crippen molar-refractivity contribution in [2.24, 2.45) is 0 Å². The fourth-order valence-electron chi connectivity index (χ4n) is 8.57. The van der Waals surface area contributed by atoms with Crippen molar-refractivity contribution in [1.82, 2.24) is 24.8 Å². The van der Waals surface area contributed by atoms with Crippen molar-refractivity contribution < 1.29 is 41.0 Å². The van der Waals surface area contributed by atoms with Crippen molar-refractivity contribution in [2.45, 2.75) is 75.9 Å². The topological polar surface area (TPSA) is 119 Å². The van der Waals surface area contributed by atoms with Crippen LogP contribution in [0.5, 0.6) is 11.8 Å². The molecule has 0 radical (unpaired) electrons. The summed E-state index contributed by atoms with van der Waals surface area (Å²) < 4.78 is 92.4. The van der Waals surface area contributed by atoms with Crippen LogP contribution in [0.25, 0.3) is 32.9 Å². The molecule has 284 valence electrons. The number of halogens is 6. The number of aromatic hydroxyl groups is 1. The predicted octanol–water partition coefficient (Wildman–Crippen LogP) is 6.55. The normalized spacial score (nSPS) is 23.6. The molecule has 2 aromatic carbocycles.